The van der Waals surface area contributed by atoms with E-state index in [1.165, 1.54) is 12.8 Å². The van der Waals surface area contributed by atoms with Crippen LogP contribution in [0.15, 0.2) is 0 Å². The summed E-state index contributed by atoms with van der Waals surface area (Å²) in [6.45, 7) is 2.19. The number of carboxylic acids is 1. The van der Waals surface area contributed by atoms with Crippen LogP contribution in [-0.2, 0) is 4.79 Å². The number of carbonyl (C=O) groups is 1. The van der Waals surface area contributed by atoms with Crippen LogP contribution in [0, 0.1) is 0 Å². The summed E-state index contributed by atoms with van der Waals surface area (Å²) in [6.07, 6.45) is 2.40. The zero-order chi connectivity index (χ0) is 9.42. The lowest BCUT2D eigenvalue weighted by Crippen LogP contribution is -2.62. The Morgan fingerprint density at radius 3 is 2.54 bits per heavy atom. The summed E-state index contributed by atoms with van der Waals surface area (Å²) in [6, 6.07) is 1.07. The largest absolute Gasteiger partial charge is 0.480 e. The van der Waals surface area contributed by atoms with Gasteiger partial charge in [0.2, 0.25) is 0 Å². The number of carboxylic acid groups (broad SMARTS) is 1. The van der Waals surface area contributed by atoms with Crippen LogP contribution in [-0.4, -0.2) is 59.6 Å². The molecule has 3 aliphatic heterocycles. The second kappa shape index (κ2) is 3.27. The molecule has 0 spiro atoms. The lowest BCUT2D eigenvalue weighted by atomic mass is 9.91. The van der Waals surface area contributed by atoms with Crippen molar-refractivity contribution in [1.82, 2.24) is 9.80 Å². The monoisotopic (exact) mass is 184 g/mol. The minimum Gasteiger partial charge on any atom is -0.480 e. The first-order valence-electron chi connectivity index (χ1n) is 4.83. The standard InChI is InChI=1S/C9H16N2O2/c1-10-4-8-3-2-7(10)5-11(8)6-9(12)13/h7-8H,2-6H2,1H3,(H,12,13)/t7-,8-/m1/s1. The summed E-state index contributed by atoms with van der Waals surface area (Å²) < 4.78 is 0. The van der Waals surface area contributed by atoms with Crippen molar-refractivity contribution in [1.29, 1.82) is 0 Å². The summed E-state index contributed by atoms with van der Waals surface area (Å²) in [4.78, 5) is 15.0. The first-order valence-corrected chi connectivity index (χ1v) is 4.83. The van der Waals surface area contributed by atoms with E-state index in [0.717, 1.165) is 13.1 Å². The molecule has 13 heavy (non-hydrogen) atoms. The van der Waals surface area contributed by atoms with Crippen LogP contribution in [0.4, 0.5) is 0 Å². The number of piperidine rings is 2. The van der Waals surface area contributed by atoms with Gasteiger partial charge in [0.25, 0.3) is 0 Å². The highest BCUT2D eigenvalue weighted by Crippen LogP contribution is 2.26. The van der Waals surface area contributed by atoms with Crippen molar-refractivity contribution in [3.63, 3.8) is 0 Å². The van der Waals surface area contributed by atoms with Gasteiger partial charge in [-0.25, -0.2) is 0 Å². The minimum atomic E-state index is -0.699. The average molecular weight is 184 g/mol. The third kappa shape index (κ3) is 1.69. The van der Waals surface area contributed by atoms with Crippen LogP contribution in [0.2, 0.25) is 0 Å². The van der Waals surface area contributed by atoms with Gasteiger partial charge in [-0.15, -0.1) is 0 Å². The van der Waals surface area contributed by atoms with E-state index < -0.39 is 5.97 Å². The van der Waals surface area contributed by atoms with E-state index in [1.54, 1.807) is 0 Å². The SMILES string of the molecule is CN1C[C@H]2CC[C@@H]1CN2CC(=O)O. The number of hydrogen-bond acceptors (Lipinski definition) is 3. The summed E-state index contributed by atoms with van der Waals surface area (Å²) in [7, 11) is 2.13. The zero-order valence-electron chi connectivity index (χ0n) is 7.94. The first-order chi connectivity index (χ1) is 6.16. The molecule has 0 aromatic rings. The number of likely N-dealkylation sites (N-methyl/N-ethyl adjacent to an activating group) is 1. The van der Waals surface area contributed by atoms with Crippen LogP contribution in [0.25, 0.3) is 0 Å². The summed E-state index contributed by atoms with van der Waals surface area (Å²) in [5, 5.41) is 8.70. The van der Waals surface area contributed by atoms with E-state index in [9.17, 15) is 4.79 Å². The lowest BCUT2D eigenvalue weighted by Gasteiger charge is -2.49. The summed E-state index contributed by atoms with van der Waals surface area (Å²) in [5.41, 5.74) is 0. The van der Waals surface area contributed by atoms with Crippen molar-refractivity contribution < 1.29 is 9.90 Å². The molecule has 0 aliphatic carbocycles. The Morgan fingerprint density at radius 1 is 1.38 bits per heavy atom. The molecule has 4 heteroatoms. The molecule has 3 heterocycles. The van der Waals surface area contributed by atoms with Gasteiger partial charge in [-0.1, -0.05) is 0 Å². The second-order valence-corrected chi connectivity index (χ2v) is 4.15. The first kappa shape index (κ1) is 8.97. The molecule has 1 N–H and O–H groups in total. The molecule has 3 rings (SSSR count). The number of aliphatic carboxylic acids is 1. The Kier molecular flexibility index (Phi) is 2.26. The molecule has 0 aromatic carbocycles. The smallest absolute Gasteiger partial charge is 0.317 e. The highest BCUT2D eigenvalue weighted by Gasteiger charge is 2.37. The van der Waals surface area contributed by atoms with Crippen molar-refractivity contribution in [3.05, 3.63) is 0 Å². The Morgan fingerprint density at radius 2 is 2.08 bits per heavy atom. The quantitative estimate of drug-likeness (QED) is 0.648. The Hall–Kier alpha value is -0.610. The van der Waals surface area contributed by atoms with Gasteiger partial charge in [0.15, 0.2) is 0 Å². The molecular weight excluding hydrogens is 168 g/mol. The van der Waals surface area contributed by atoms with Gasteiger partial charge >= 0.3 is 5.97 Å². The summed E-state index contributed by atoms with van der Waals surface area (Å²) >= 11 is 0. The fourth-order valence-corrected chi connectivity index (χ4v) is 2.49. The van der Waals surface area contributed by atoms with Crippen LogP contribution in [0.1, 0.15) is 12.8 Å². The molecule has 0 unspecified atom stereocenters. The molecule has 0 radical (unpaired) electrons. The fourth-order valence-electron chi connectivity index (χ4n) is 2.49. The maximum Gasteiger partial charge on any atom is 0.317 e. The van der Waals surface area contributed by atoms with Gasteiger partial charge in [0.05, 0.1) is 6.54 Å². The van der Waals surface area contributed by atoms with Crippen LogP contribution < -0.4 is 0 Å². The number of fused-ring (bicyclic) bond motifs is 3. The molecule has 2 bridgehead atoms. The summed E-state index contributed by atoms with van der Waals surface area (Å²) in [5.74, 6) is -0.699. The number of hydrogen-bond donors (Lipinski definition) is 1. The Labute approximate surface area is 78.1 Å². The van der Waals surface area contributed by atoms with E-state index in [2.05, 4.69) is 16.8 Å². The predicted molar refractivity (Wildman–Crippen MR) is 48.6 cm³/mol. The maximum atomic E-state index is 10.6. The number of rotatable bonds is 2. The van der Waals surface area contributed by atoms with Crippen LogP contribution >= 0.6 is 0 Å². The molecule has 3 aliphatic rings. The molecular formula is C9H16N2O2. The molecule has 0 aromatic heterocycles. The number of nitrogens with zero attached hydrogens (tertiary/aromatic N) is 2. The third-order valence-electron chi connectivity index (χ3n) is 3.26. The average Bonchev–Trinajstić information content (AvgIpc) is 2.05. The maximum absolute atomic E-state index is 10.6. The highest BCUT2D eigenvalue weighted by molar-refractivity contribution is 5.69. The molecule has 2 atom stereocenters. The van der Waals surface area contributed by atoms with E-state index in [4.69, 9.17) is 5.11 Å². The predicted octanol–water partition coefficient (Wildman–Crippen LogP) is -0.151. The van der Waals surface area contributed by atoms with Gasteiger partial charge in [-0.2, -0.15) is 0 Å². The highest BCUT2D eigenvalue weighted by atomic mass is 16.4. The van der Waals surface area contributed by atoms with E-state index in [-0.39, 0.29) is 6.54 Å². The van der Waals surface area contributed by atoms with Crippen LogP contribution in [0.5, 0.6) is 0 Å². The third-order valence-corrected chi connectivity index (χ3v) is 3.26. The number of piperazine rings is 1. The molecule has 0 amide bonds. The molecule has 74 valence electrons. The topological polar surface area (TPSA) is 43.8 Å². The fraction of sp³-hybridized carbons (Fsp3) is 0.889. The molecule has 0 saturated carbocycles. The van der Waals surface area contributed by atoms with E-state index in [1.807, 2.05) is 0 Å². The van der Waals surface area contributed by atoms with Gasteiger partial charge in [0, 0.05) is 25.2 Å². The molecule has 4 nitrogen and oxygen atoms in total. The zero-order valence-corrected chi connectivity index (χ0v) is 7.94. The Balaban J connectivity index is 1.98. The van der Waals surface area contributed by atoms with E-state index in [0.29, 0.717) is 12.1 Å². The van der Waals surface area contributed by atoms with Crippen molar-refractivity contribution in [3.8, 4) is 0 Å². The van der Waals surface area contributed by atoms with Crippen molar-refractivity contribution in [2.75, 3.05) is 26.7 Å². The molecule has 3 fully saturated rings. The van der Waals surface area contributed by atoms with E-state index >= 15 is 0 Å². The van der Waals surface area contributed by atoms with Gasteiger partial charge < -0.3 is 10.0 Å². The van der Waals surface area contributed by atoms with Crippen LogP contribution in [0.3, 0.4) is 0 Å². The van der Waals surface area contributed by atoms with Gasteiger partial charge in [-0.05, 0) is 19.9 Å². The Bertz CT molecular complexity index is 220. The lowest BCUT2D eigenvalue weighted by molar-refractivity contribution is -0.141. The normalized spacial score (nSPS) is 35.2. The van der Waals surface area contributed by atoms with Gasteiger partial charge in [-0.3, -0.25) is 9.69 Å². The van der Waals surface area contributed by atoms with Crippen molar-refractivity contribution in [2.24, 2.45) is 0 Å². The van der Waals surface area contributed by atoms with Crippen molar-refractivity contribution >= 4 is 5.97 Å². The second-order valence-electron chi connectivity index (χ2n) is 4.15. The van der Waals surface area contributed by atoms with Crippen molar-refractivity contribution in [2.45, 2.75) is 24.9 Å². The van der Waals surface area contributed by atoms with Gasteiger partial charge in [0.1, 0.15) is 0 Å². The molecule has 3 saturated heterocycles. The minimum absolute atomic E-state index is 0.217.